The maximum Gasteiger partial charge on any atom is 0.296 e. The van der Waals surface area contributed by atoms with Gasteiger partial charge in [0.15, 0.2) is 0 Å². The SMILES string of the molecule is CN1CCOC(CNC(=O)C#CBr)C1. The van der Waals surface area contributed by atoms with E-state index >= 15 is 0 Å². The van der Waals surface area contributed by atoms with Crippen LogP contribution in [0.4, 0.5) is 0 Å². The molecule has 1 amide bonds. The number of halogens is 1. The summed E-state index contributed by atoms with van der Waals surface area (Å²) in [5.41, 5.74) is 0. The molecule has 1 saturated heterocycles. The van der Waals surface area contributed by atoms with Crippen LogP contribution in [0.3, 0.4) is 0 Å². The second-order valence-electron chi connectivity index (χ2n) is 3.18. The molecule has 0 radical (unpaired) electrons. The molecule has 78 valence electrons. The van der Waals surface area contributed by atoms with Gasteiger partial charge in [-0.05, 0) is 11.9 Å². The first-order valence-electron chi connectivity index (χ1n) is 4.42. The Balaban J connectivity index is 2.22. The summed E-state index contributed by atoms with van der Waals surface area (Å²) in [4.78, 5) is 15.5. The first-order chi connectivity index (χ1) is 6.72. The monoisotopic (exact) mass is 260 g/mol. The molecule has 0 spiro atoms. The van der Waals surface area contributed by atoms with Gasteiger partial charge in [0, 0.05) is 41.5 Å². The maximum absolute atomic E-state index is 11.0. The highest BCUT2D eigenvalue weighted by molar-refractivity contribution is 9.12. The molecule has 0 saturated carbocycles. The minimum Gasteiger partial charge on any atom is -0.374 e. The Morgan fingerprint density at radius 2 is 2.57 bits per heavy atom. The number of morpholine rings is 1. The van der Waals surface area contributed by atoms with Crippen molar-refractivity contribution in [2.75, 3.05) is 33.3 Å². The number of rotatable bonds is 2. The van der Waals surface area contributed by atoms with Crippen molar-refractivity contribution in [1.82, 2.24) is 10.2 Å². The van der Waals surface area contributed by atoms with Gasteiger partial charge in [0.1, 0.15) is 0 Å². The van der Waals surface area contributed by atoms with Gasteiger partial charge in [-0.15, -0.1) is 0 Å². The lowest BCUT2D eigenvalue weighted by atomic mass is 10.3. The van der Waals surface area contributed by atoms with E-state index in [1.165, 1.54) is 0 Å². The zero-order valence-corrected chi connectivity index (χ0v) is 9.63. The van der Waals surface area contributed by atoms with Gasteiger partial charge in [0.2, 0.25) is 0 Å². The van der Waals surface area contributed by atoms with Crippen LogP contribution in [0.1, 0.15) is 0 Å². The fraction of sp³-hybridized carbons (Fsp3) is 0.667. The molecule has 0 aromatic rings. The zero-order valence-electron chi connectivity index (χ0n) is 8.05. The van der Waals surface area contributed by atoms with Crippen LogP contribution in [-0.2, 0) is 9.53 Å². The van der Waals surface area contributed by atoms with E-state index in [1.807, 2.05) is 7.05 Å². The minimum absolute atomic E-state index is 0.0785. The first-order valence-corrected chi connectivity index (χ1v) is 5.21. The molecular weight excluding hydrogens is 248 g/mol. The minimum atomic E-state index is -0.279. The lowest BCUT2D eigenvalue weighted by Gasteiger charge is -2.29. The summed E-state index contributed by atoms with van der Waals surface area (Å²) in [6, 6.07) is 0. The Morgan fingerprint density at radius 3 is 3.21 bits per heavy atom. The molecule has 5 heteroatoms. The van der Waals surface area contributed by atoms with Gasteiger partial charge in [0.25, 0.3) is 5.91 Å². The molecule has 0 bridgehead atoms. The van der Waals surface area contributed by atoms with Crippen molar-refractivity contribution in [3.63, 3.8) is 0 Å². The van der Waals surface area contributed by atoms with Crippen molar-refractivity contribution in [2.24, 2.45) is 0 Å². The number of amides is 1. The van der Waals surface area contributed by atoms with Crippen LogP contribution in [-0.4, -0.2) is 50.2 Å². The summed E-state index contributed by atoms with van der Waals surface area (Å²) in [6.07, 6.45) is 0.0785. The summed E-state index contributed by atoms with van der Waals surface area (Å²) >= 11 is 2.86. The highest BCUT2D eigenvalue weighted by Crippen LogP contribution is 2.01. The fourth-order valence-corrected chi connectivity index (χ4v) is 1.46. The Hall–Kier alpha value is -0.570. The van der Waals surface area contributed by atoms with Crippen LogP contribution in [0.25, 0.3) is 0 Å². The Kier molecular flexibility index (Phi) is 4.94. The molecule has 1 fully saturated rings. The number of nitrogens with zero attached hydrogens (tertiary/aromatic N) is 1. The summed E-state index contributed by atoms with van der Waals surface area (Å²) in [5, 5.41) is 2.68. The number of ether oxygens (including phenoxy) is 1. The standard InChI is InChI=1S/C9H13BrN2O2/c1-12-4-5-14-8(7-12)6-11-9(13)2-3-10/h8H,4-7H2,1H3,(H,11,13). The predicted octanol–water partition coefficient (Wildman–Crippen LogP) is -0.211. The molecule has 0 aromatic heterocycles. The van der Waals surface area contributed by atoms with Crippen LogP contribution in [0.2, 0.25) is 0 Å². The van der Waals surface area contributed by atoms with Crippen molar-refractivity contribution in [3.8, 4) is 10.8 Å². The smallest absolute Gasteiger partial charge is 0.296 e. The molecule has 1 unspecified atom stereocenters. The summed E-state index contributed by atoms with van der Waals surface area (Å²) in [7, 11) is 2.04. The third kappa shape index (κ3) is 4.09. The third-order valence-corrected chi connectivity index (χ3v) is 2.19. The van der Waals surface area contributed by atoms with E-state index in [0.29, 0.717) is 6.54 Å². The summed E-state index contributed by atoms with van der Waals surface area (Å²) in [6.45, 7) is 3.04. The van der Waals surface area contributed by atoms with Gasteiger partial charge >= 0.3 is 0 Å². The lowest BCUT2D eigenvalue weighted by molar-refractivity contribution is -0.116. The normalized spacial score (nSPS) is 22.3. The topological polar surface area (TPSA) is 41.6 Å². The average Bonchev–Trinajstić information content (AvgIpc) is 2.15. The molecule has 0 aromatic carbocycles. The maximum atomic E-state index is 11.0. The molecular formula is C9H13BrN2O2. The van der Waals surface area contributed by atoms with Crippen LogP contribution >= 0.6 is 15.9 Å². The Labute approximate surface area is 92.1 Å². The number of carbonyl (C=O) groups excluding carboxylic acids is 1. The number of carbonyl (C=O) groups is 1. The largest absolute Gasteiger partial charge is 0.374 e. The van der Waals surface area contributed by atoms with Crippen LogP contribution in [0.5, 0.6) is 0 Å². The van der Waals surface area contributed by atoms with Crippen LogP contribution in [0.15, 0.2) is 0 Å². The van der Waals surface area contributed by atoms with E-state index in [2.05, 4.69) is 36.9 Å². The molecule has 1 aliphatic rings. The second-order valence-corrected chi connectivity index (χ2v) is 3.58. The number of likely N-dealkylation sites (N-methyl/N-ethyl adjacent to an activating group) is 1. The first kappa shape index (κ1) is 11.5. The van der Waals surface area contributed by atoms with Crippen molar-refractivity contribution >= 4 is 21.8 Å². The predicted molar refractivity (Wildman–Crippen MR) is 56.9 cm³/mol. The second kappa shape index (κ2) is 6.02. The highest BCUT2D eigenvalue weighted by Gasteiger charge is 2.17. The molecule has 4 nitrogen and oxygen atoms in total. The van der Waals surface area contributed by atoms with Gasteiger partial charge in [-0.1, -0.05) is 0 Å². The number of hydrogen-bond donors (Lipinski definition) is 1. The quantitative estimate of drug-likeness (QED) is 0.699. The van der Waals surface area contributed by atoms with Gasteiger partial charge < -0.3 is 15.0 Å². The van der Waals surface area contributed by atoms with Crippen LogP contribution in [0, 0.1) is 10.8 Å². The lowest BCUT2D eigenvalue weighted by Crippen LogP contribution is -2.45. The van der Waals surface area contributed by atoms with Crippen LogP contribution < -0.4 is 5.32 Å². The van der Waals surface area contributed by atoms with E-state index in [9.17, 15) is 4.79 Å². The Bertz CT molecular complexity index is 259. The summed E-state index contributed by atoms with van der Waals surface area (Å²) < 4.78 is 5.46. The molecule has 1 N–H and O–H groups in total. The molecule has 1 rings (SSSR count). The molecule has 1 aliphatic heterocycles. The molecule has 14 heavy (non-hydrogen) atoms. The fourth-order valence-electron chi connectivity index (χ4n) is 1.28. The average molecular weight is 261 g/mol. The third-order valence-electron chi connectivity index (χ3n) is 1.99. The highest BCUT2D eigenvalue weighted by atomic mass is 79.9. The zero-order chi connectivity index (χ0) is 10.4. The van der Waals surface area contributed by atoms with Crippen molar-refractivity contribution in [1.29, 1.82) is 0 Å². The summed E-state index contributed by atoms with van der Waals surface area (Å²) in [5.74, 6) is 2.06. The van der Waals surface area contributed by atoms with Gasteiger partial charge in [-0.25, -0.2) is 0 Å². The Morgan fingerprint density at radius 1 is 1.79 bits per heavy atom. The van der Waals surface area contributed by atoms with E-state index in [-0.39, 0.29) is 12.0 Å². The van der Waals surface area contributed by atoms with Crippen molar-refractivity contribution < 1.29 is 9.53 Å². The van der Waals surface area contributed by atoms with Crippen molar-refractivity contribution in [2.45, 2.75) is 6.10 Å². The number of nitrogens with one attached hydrogen (secondary N) is 1. The van der Waals surface area contributed by atoms with E-state index < -0.39 is 0 Å². The van der Waals surface area contributed by atoms with Crippen molar-refractivity contribution in [3.05, 3.63) is 0 Å². The van der Waals surface area contributed by atoms with E-state index in [1.54, 1.807) is 0 Å². The van der Waals surface area contributed by atoms with Gasteiger partial charge in [0.05, 0.1) is 12.7 Å². The molecule has 0 aliphatic carbocycles. The molecule has 1 heterocycles. The molecule has 1 atom stereocenters. The van der Waals surface area contributed by atoms with E-state index in [4.69, 9.17) is 4.74 Å². The van der Waals surface area contributed by atoms with Gasteiger partial charge in [-0.2, -0.15) is 0 Å². The van der Waals surface area contributed by atoms with E-state index in [0.717, 1.165) is 19.7 Å². The number of hydrogen-bond acceptors (Lipinski definition) is 3. The van der Waals surface area contributed by atoms with Gasteiger partial charge in [-0.3, -0.25) is 4.79 Å².